The quantitative estimate of drug-likeness (QED) is 0.376. The van der Waals surface area contributed by atoms with Crippen molar-refractivity contribution >= 4 is 50.7 Å². The summed E-state index contributed by atoms with van der Waals surface area (Å²) in [5.74, 6) is -0.994. The van der Waals surface area contributed by atoms with Crippen LogP contribution in [0.25, 0.3) is 0 Å². The Hall–Kier alpha value is -3.62. The lowest BCUT2D eigenvalue weighted by molar-refractivity contribution is -0.122. The highest BCUT2D eigenvalue weighted by Crippen LogP contribution is 2.37. The van der Waals surface area contributed by atoms with Crippen molar-refractivity contribution in [3.05, 3.63) is 99.0 Å². The second-order valence-electron chi connectivity index (χ2n) is 9.86. The van der Waals surface area contributed by atoms with Crippen LogP contribution in [0.1, 0.15) is 40.0 Å². The van der Waals surface area contributed by atoms with E-state index in [2.05, 4.69) is 15.5 Å². The standard InChI is InChI=1S/C29H29Cl2N5O4S/c1-18(28(37)33-2)34-29(38)22-12-19(15-32)13-25(14-22)36(41(3,39)40)26-16-35(17-26)27(20-4-8-23(30)9-5-20)21-6-10-24(31)11-7-21/h4-14,18,26-27H,16-17H2,1-3H3,(H,33,37)(H,34,38)/t18-/m0/s1. The molecule has 9 nitrogen and oxygen atoms in total. The molecule has 0 aromatic heterocycles. The van der Waals surface area contributed by atoms with Crippen LogP contribution in [0.5, 0.6) is 0 Å². The molecule has 0 aliphatic carbocycles. The number of amides is 2. The molecule has 3 aromatic rings. The summed E-state index contributed by atoms with van der Waals surface area (Å²) in [6, 6.07) is 19.7. The number of likely N-dealkylation sites (tertiary alicyclic amines) is 1. The molecule has 214 valence electrons. The predicted molar refractivity (Wildman–Crippen MR) is 160 cm³/mol. The van der Waals surface area contributed by atoms with E-state index < -0.39 is 33.9 Å². The van der Waals surface area contributed by atoms with Gasteiger partial charge in [0.2, 0.25) is 15.9 Å². The average Bonchev–Trinajstić information content (AvgIpc) is 2.92. The van der Waals surface area contributed by atoms with Crippen molar-refractivity contribution in [2.45, 2.75) is 25.0 Å². The molecule has 1 saturated heterocycles. The van der Waals surface area contributed by atoms with E-state index in [0.29, 0.717) is 23.1 Å². The maximum Gasteiger partial charge on any atom is 0.252 e. The molecule has 1 fully saturated rings. The van der Waals surface area contributed by atoms with Gasteiger partial charge in [-0.25, -0.2) is 8.42 Å². The third kappa shape index (κ3) is 7.00. The van der Waals surface area contributed by atoms with Gasteiger partial charge < -0.3 is 10.6 Å². The zero-order valence-electron chi connectivity index (χ0n) is 22.6. The molecule has 2 amide bonds. The molecular formula is C29H29Cl2N5O4S. The first-order chi connectivity index (χ1) is 19.4. The first-order valence-corrected chi connectivity index (χ1v) is 15.3. The lowest BCUT2D eigenvalue weighted by Gasteiger charge is -2.48. The minimum Gasteiger partial charge on any atom is -0.357 e. The molecule has 0 unspecified atom stereocenters. The van der Waals surface area contributed by atoms with Crippen LogP contribution in [-0.2, 0) is 14.8 Å². The molecule has 1 heterocycles. The van der Waals surface area contributed by atoms with Crippen molar-refractivity contribution in [1.29, 1.82) is 5.26 Å². The molecule has 41 heavy (non-hydrogen) atoms. The number of sulfonamides is 1. The number of hydrogen-bond acceptors (Lipinski definition) is 6. The minimum absolute atomic E-state index is 0.0693. The average molecular weight is 615 g/mol. The second kappa shape index (κ2) is 12.5. The third-order valence-corrected chi connectivity index (χ3v) is 8.59. The number of anilines is 1. The number of carbonyl (C=O) groups excluding carboxylic acids is 2. The van der Waals surface area contributed by atoms with Crippen molar-refractivity contribution in [2.24, 2.45) is 0 Å². The number of carbonyl (C=O) groups is 2. The van der Waals surface area contributed by atoms with Crippen LogP contribution in [0.15, 0.2) is 66.7 Å². The van der Waals surface area contributed by atoms with Gasteiger partial charge in [0.25, 0.3) is 5.91 Å². The highest BCUT2D eigenvalue weighted by atomic mass is 35.5. The molecule has 2 N–H and O–H groups in total. The fraction of sp³-hybridized carbons (Fsp3) is 0.276. The molecule has 3 aromatic carbocycles. The van der Waals surface area contributed by atoms with Crippen molar-refractivity contribution in [3.8, 4) is 6.07 Å². The Kier molecular flexibility index (Phi) is 9.24. The summed E-state index contributed by atoms with van der Waals surface area (Å²) >= 11 is 12.3. The molecule has 0 radical (unpaired) electrons. The number of nitrogens with zero attached hydrogens (tertiary/aromatic N) is 3. The predicted octanol–water partition coefficient (Wildman–Crippen LogP) is 3.97. The van der Waals surface area contributed by atoms with Gasteiger partial charge in [-0.05, 0) is 60.5 Å². The smallest absolute Gasteiger partial charge is 0.252 e. The van der Waals surface area contributed by atoms with E-state index in [1.165, 1.54) is 36.5 Å². The highest BCUT2D eigenvalue weighted by molar-refractivity contribution is 7.92. The zero-order valence-corrected chi connectivity index (χ0v) is 25.0. The Labute approximate surface area is 249 Å². The molecule has 0 bridgehead atoms. The van der Waals surface area contributed by atoms with E-state index >= 15 is 0 Å². The van der Waals surface area contributed by atoms with Gasteiger partial charge in [0, 0.05) is 35.7 Å². The number of nitrogens with one attached hydrogen (secondary N) is 2. The maximum atomic E-state index is 13.1. The monoisotopic (exact) mass is 613 g/mol. The van der Waals surface area contributed by atoms with Crippen LogP contribution in [0.4, 0.5) is 5.69 Å². The first kappa shape index (κ1) is 30.3. The van der Waals surface area contributed by atoms with Crippen molar-refractivity contribution in [1.82, 2.24) is 15.5 Å². The van der Waals surface area contributed by atoms with Gasteiger partial charge in [-0.15, -0.1) is 0 Å². The van der Waals surface area contributed by atoms with Gasteiger partial charge in [0.05, 0.1) is 35.7 Å². The fourth-order valence-corrected chi connectivity index (χ4v) is 6.34. The van der Waals surface area contributed by atoms with Crippen LogP contribution < -0.4 is 14.9 Å². The lowest BCUT2D eigenvalue weighted by atomic mass is 9.93. The summed E-state index contributed by atoms with van der Waals surface area (Å²) in [4.78, 5) is 27.0. The molecule has 1 aliphatic rings. The zero-order chi connectivity index (χ0) is 29.9. The maximum absolute atomic E-state index is 13.1. The molecule has 0 spiro atoms. The Balaban J connectivity index is 1.65. The van der Waals surface area contributed by atoms with E-state index in [1.807, 2.05) is 54.6 Å². The van der Waals surface area contributed by atoms with Crippen LogP contribution in [0, 0.1) is 11.3 Å². The summed E-state index contributed by atoms with van der Waals surface area (Å²) in [5, 5.41) is 15.9. The van der Waals surface area contributed by atoms with Crippen LogP contribution in [0.2, 0.25) is 10.0 Å². The second-order valence-corrected chi connectivity index (χ2v) is 12.6. The highest BCUT2D eigenvalue weighted by Gasteiger charge is 2.41. The van der Waals surface area contributed by atoms with E-state index in [4.69, 9.17) is 23.2 Å². The number of benzene rings is 3. The van der Waals surface area contributed by atoms with Gasteiger partial charge in [-0.2, -0.15) is 5.26 Å². The van der Waals surface area contributed by atoms with Gasteiger partial charge >= 0.3 is 0 Å². The number of likely N-dealkylation sites (N-methyl/N-ethyl adjacent to an activating group) is 1. The number of rotatable bonds is 9. The van der Waals surface area contributed by atoms with Gasteiger partial charge in [0.1, 0.15) is 6.04 Å². The fourth-order valence-electron chi connectivity index (χ4n) is 4.92. The SMILES string of the molecule is CNC(=O)[C@H](C)NC(=O)c1cc(C#N)cc(N(C2CN(C(c3ccc(Cl)cc3)c3ccc(Cl)cc3)C2)S(C)(=O)=O)c1. The number of nitriles is 1. The lowest BCUT2D eigenvalue weighted by Crippen LogP contribution is -2.61. The van der Waals surface area contributed by atoms with Crippen molar-refractivity contribution < 1.29 is 18.0 Å². The van der Waals surface area contributed by atoms with Gasteiger partial charge in [-0.1, -0.05) is 47.5 Å². The summed E-state index contributed by atoms with van der Waals surface area (Å²) in [5.41, 5.74) is 2.35. The topological polar surface area (TPSA) is 123 Å². The van der Waals surface area contributed by atoms with E-state index in [-0.39, 0.29) is 22.9 Å². The van der Waals surface area contributed by atoms with Crippen LogP contribution in [-0.4, -0.2) is 63.6 Å². The largest absolute Gasteiger partial charge is 0.357 e. The molecule has 1 aliphatic heterocycles. The van der Waals surface area contributed by atoms with Crippen LogP contribution in [0.3, 0.4) is 0 Å². The van der Waals surface area contributed by atoms with Gasteiger partial charge in [0.15, 0.2) is 0 Å². The van der Waals surface area contributed by atoms with E-state index in [0.717, 1.165) is 17.4 Å². The Morgan fingerprint density at radius 2 is 1.54 bits per heavy atom. The Morgan fingerprint density at radius 3 is 2.00 bits per heavy atom. The summed E-state index contributed by atoms with van der Waals surface area (Å²) in [6.45, 7) is 2.29. The third-order valence-electron chi connectivity index (χ3n) is 6.87. The molecule has 1 atom stereocenters. The molecule has 4 rings (SSSR count). The Bertz CT molecular complexity index is 1540. The summed E-state index contributed by atoms with van der Waals surface area (Å²) in [7, 11) is -2.35. The summed E-state index contributed by atoms with van der Waals surface area (Å²) in [6.07, 6.45) is 1.10. The molecule has 0 saturated carbocycles. The molecule has 12 heteroatoms. The minimum atomic E-state index is -3.81. The summed E-state index contributed by atoms with van der Waals surface area (Å²) < 4.78 is 27.4. The van der Waals surface area contributed by atoms with E-state index in [9.17, 15) is 23.3 Å². The first-order valence-electron chi connectivity index (χ1n) is 12.7. The van der Waals surface area contributed by atoms with Gasteiger partial charge in [-0.3, -0.25) is 18.8 Å². The van der Waals surface area contributed by atoms with Crippen molar-refractivity contribution in [3.63, 3.8) is 0 Å². The normalized spacial score (nSPS) is 14.6. The Morgan fingerprint density at radius 1 is 1.00 bits per heavy atom. The molecular weight excluding hydrogens is 585 g/mol. The van der Waals surface area contributed by atoms with Crippen LogP contribution >= 0.6 is 23.2 Å². The van der Waals surface area contributed by atoms with E-state index in [1.54, 1.807) is 0 Å². The number of halogens is 2. The number of hydrogen-bond donors (Lipinski definition) is 2. The van der Waals surface area contributed by atoms with Crippen molar-refractivity contribution in [2.75, 3.05) is 30.7 Å².